The van der Waals surface area contributed by atoms with Gasteiger partial charge in [-0.2, -0.15) is 0 Å². The summed E-state index contributed by atoms with van der Waals surface area (Å²) in [5.41, 5.74) is 0.945. The molecule has 6 nitrogen and oxygen atoms in total. The summed E-state index contributed by atoms with van der Waals surface area (Å²) in [6, 6.07) is -1.62. The Hall–Kier alpha value is -1.46. The van der Waals surface area contributed by atoms with E-state index in [9.17, 15) is 20.2 Å². The average molecular weight is 226 g/mol. The molecule has 0 aromatic rings. The number of nitrogens with zero attached hydrogens (tertiary/aromatic N) is 2. The molecule has 1 saturated carbocycles. The zero-order chi connectivity index (χ0) is 11.7. The van der Waals surface area contributed by atoms with E-state index in [2.05, 4.69) is 0 Å². The highest BCUT2D eigenvalue weighted by Gasteiger charge is 2.44. The van der Waals surface area contributed by atoms with Crippen molar-refractivity contribution in [2.24, 2.45) is 5.92 Å². The molecule has 0 radical (unpaired) electrons. The van der Waals surface area contributed by atoms with Crippen molar-refractivity contribution >= 4 is 0 Å². The molecule has 6 heteroatoms. The fraction of sp³-hybridized carbons (Fsp3) is 0.800. The van der Waals surface area contributed by atoms with Crippen LogP contribution in [-0.4, -0.2) is 21.9 Å². The zero-order valence-corrected chi connectivity index (χ0v) is 8.87. The molecule has 2 aliphatic carbocycles. The third kappa shape index (κ3) is 1.91. The van der Waals surface area contributed by atoms with E-state index in [4.69, 9.17) is 0 Å². The molecule has 0 heterocycles. The summed E-state index contributed by atoms with van der Waals surface area (Å²) in [5, 5.41) is 21.7. The molecule has 3 unspecified atom stereocenters. The minimum Gasteiger partial charge on any atom is -0.264 e. The minimum atomic E-state index is -0.861. The van der Waals surface area contributed by atoms with Crippen molar-refractivity contribution in [2.75, 3.05) is 0 Å². The van der Waals surface area contributed by atoms with Crippen LogP contribution < -0.4 is 0 Å². The molecule has 0 amide bonds. The third-order valence-corrected chi connectivity index (χ3v) is 3.60. The van der Waals surface area contributed by atoms with Gasteiger partial charge in [0.2, 0.25) is 12.1 Å². The second-order valence-corrected chi connectivity index (χ2v) is 4.53. The van der Waals surface area contributed by atoms with E-state index in [-0.39, 0.29) is 17.3 Å². The van der Waals surface area contributed by atoms with E-state index in [0.717, 1.165) is 31.3 Å². The topological polar surface area (TPSA) is 86.3 Å². The first-order valence-corrected chi connectivity index (χ1v) is 5.57. The van der Waals surface area contributed by atoms with Crippen LogP contribution in [0.4, 0.5) is 0 Å². The highest BCUT2D eigenvalue weighted by Crippen LogP contribution is 2.38. The molecule has 0 N–H and O–H groups in total. The minimum absolute atomic E-state index is 0.0498. The first-order chi connectivity index (χ1) is 7.59. The van der Waals surface area contributed by atoms with E-state index in [0.29, 0.717) is 0 Å². The van der Waals surface area contributed by atoms with Gasteiger partial charge in [-0.1, -0.05) is 12.0 Å². The Morgan fingerprint density at radius 3 is 2.56 bits per heavy atom. The molecule has 16 heavy (non-hydrogen) atoms. The van der Waals surface area contributed by atoms with Crippen molar-refractivity contribution in [3.8, 4) is 0 Å². The average Bonchev–Trinajstić information content (AvgIpc) is 2.27. The van der Waals surface area contributed by atoms with Crippen LogP contribution in [0.15, 0.2) is 11.6 Å². The number of hydrogen-bond donors (Lipinski definition) is 0. The van der Waals surface area contributed by atoms with Gasteiger partial charge >= 0.3 is 0 Å². The Bertz CT molecular complexity index is 353. The number of rotatable bonds is 2. The number of fused-ring (bicyclic) bond motifs is 1. The van der Waals surface area contributed by atoms with Crippen LogP contribution >= 0.6 is 0 Å². The van der Waals surface area contributed by atoms with Crippen LogP contribution in [0.25, 0.3) is 0 Å². The molecule has 0 aliphatic heterocycles. The van der Waals surface area contributed by atoms with Crippen molar-refractivity contribution in [3.05, 3.63) is 31.9 Å². The van der Waals surface area contributed by atoms with Crippen LogP contribution in [0, 0.1) is 26.1 Å². The van der Waals surface area contributed by atoms with Gasteiger partial charge in [0.15, 0.2) is 0 Å². The molecule has 0 spiro atoms. The van der Waals surface area contributed by atoms with Crippen molar-refractivity contribution in [1.29, 1.82) is 0 Å². The Morgan fingerprint density at radius 2 is 1.94 bits per heavy atom. The van der Waals surface area contributed by atoms with E-state index < -0.39 is 17.0 Å². The summed E-state index contributed by atoms with van der Waals surface area (Å²) in [4.78, 5) is 20.9. The van der Waals surface area contributed by atoms with Crippen LogP contribution in [0.2, 0.25) is 0 Å². The molecule has 2 rings (SSSR count). The summed E-state index contributed by atoms with van der Waals surface area (Å²) in [7, 11) is 0. The molecule has 88 valence electrons. The Labute approximate surface area is 92.6 Å². The quantitative estimate of drug-likeness (QED) is 0.408. The highest BCUT2D eigenvalue weighted by atomic mass is 16.6. The molecule has 0 saturated heterocycles. The van der Waals surface area contributed by atoms with Gasteiger partial charge in [-0.05, 0) is 25.3 Å². The summed E-state index contributed by atoms with van der Waals surface area (Å²) in [6.07, 6.45) is 5.30. The first-order valence-electron chi connectivity index (χ1n) is 5.57. The highest BCUT2D eigenvalue weighted by molar-refractivity contribution is 5.17. The lowest BCUT2D eigenvalue weighted by atomic mass is 9.74. The summed E-state index contributed by atoms with van der Waals surface area (Å²) >= 11 is 0. The van der Waals surface area contributed by atoms with Gasteiger partial charge in [0.1, 0.15) is 0 Å². The largest absolute Gasteiger partial charge is 0.264 e. The van der Waals surface area contributed by atoms with Gasteiger partial charge in [0.05, 0.1) is 6.42 Å². The molecule has 1 fully saturated rings. The lowest BCUT2D eigenvalue weighted by molar-refractivity contribution is -0.562. The Balaban J connectivity index is 2.27. The second-order valence-electron chi connectivity index (χ2n) is 4.53. The predicted molar refractivity (Wildman–Crippen MR) is 56.2 cm³/mol. The second kappa shape index (κ2) is 4.19. The summed E-state index contributed by atoms with van der Waals surface area (Å²) in [5.74, 6) is -0.0556. The molecule has 0 aromatic heterocycles. The first kappa shape index (κ1) is 11.0. The van der Waals surface area contributed by atoms with Gasteiger partial charge in [-0.3, -0.25) is 20.2 Å². The maximum atomic E-state index is 10.9. The predicted octanol–water partition coefficient (Wildman–Crippen LogP) is 1.80. The van der Waals surface area contributed by atoms with Gasteiger partial charge in [-0.25, -0.2) is 0 Å². The summed E-state index contributed by atoms with van der Waals surface area (Å²) < 4.78 is 0. The van der Waals surface area contributed by atoms with Crippen LogP contribution in [0.1, 0.15) is 32.1 Å². The Morgan fingerprint density at radius 1 is 1.19 bits per heavy atom. The van der Waals surface area contributed by atoms with Crippen LogP contribution in [0.5, 0.6) is 0 Å². The monoisotopic (exact) mass is 226 g/mol. The van der Waals surface area contributed by atoms with Crippen molar-refractivity contribution in [3.63, 3.8) is 0 Å². The molecular weight excluding hydrogens is 212 g/mol. The lowest BCUT2D eigenvalue weighted by Gasteiger charge is -2.31. The maximum Gasteiger partial charge on any atom is 0.238 e. The normalized spacial score (nSPS) is 33.8. The van der Waals surface area contributed by atoms with Crippen molar-refractivity contribution in [2.45, 2.75) is 44.2 Å². The molecular formula is C10H14N2O4. The van der Waals surface area contributed by atoms with E-state index in [1.807, 2.05) is 0 Å². The fourth-order valence-corrected chi connectivity index (χ4v) is 2.82. The smallest absolute Gasteiger partial charge is 0.238 e. The van der Waals surface area contributed by atoms with Crippen LogP contribution in [-0.2, 0) is 0 Å². The zero-order valence-electron chi connectivity index (χ0n) is 8.87. The SMILES string of the molecule is O=[N+]([O-])C1C=C2CCCCC2C([N+](=O)[O-])C1. The molecule has 0 bridgehead atoms. The van der Waals surface area contributed by atoms with Crippen LogP contribution in [0.3, 0.4) is 0 Å². The van der Waals surface area contributed by atoms with Gasteiger partial charge in [0, 0.05) is 15.8 Å². The number of hydrogen-bond acceptors (Lipinski definition) is 4. The fourth-order valence-electron chi connectivity index (χ4n) is 2.82. The number of nitro groups is 2. The Kier molecular flexibility index (Phi) is 2.89. The summed E-state index contributed by atoms with van der Waals surface area (Å²) in [6.45, 7) is 0. The van der Waals surface area contributed by atoms with Gasteiger partial charge < -0.3 is 0 Å². The van der Waals surface area contributed by atoms with Gasteiger partial charge in [-0.15, -0.1) is 0 Å². The lowest BCUT2D eigenvalue weighted by Crippen LogP contribution is -2.41. The third-order valence-electron chi connectivity index (χ3n) is 3.60. The van der Waals surface area contributed by atoms with E-state index in [1.165, 1.54) is 0 Å². The molecule has 2 aliphatic rings. The standard InChI is InChI=1S/C10H14N2O4/c13-11(14)8-5-7-3-1-2-4-9(7)10(6-8)12(15)16/h5,8-10H,1-4,6H2. The van der Waals surface area contributed by atoms with Crippen molar-refractivity contribution in [1.82, 2.24) is 0 Å². The van der Waals surface area contributed by atoms with Gasteiger partial charge in [0.25, 0.3) is 0 Å². The molecule has 0 aromatic carbocycles. The molecule has 3 atom stereocenters. The van der Waals surface area contributed by atoms with E-state index >= 15 is 0 Å². The van der Waals surface area contributed by atoms with Crippen molar-refractivity contribution < 1.29 is 9.85 Å². The van der Waals surface area contributed by atoms with E-state index in [1.54, 1.807) is 6.08 Å². The maximum absolute atomic E-state index is 10.9.